The molecule has 0 radical (unpaired) electrons. The van der Waals surface area contributed by atoms with Gasteiger partial charge in [-0.05, 0) is 24.3 Å². The molecule has 0 fully saturated rings. The Hall–Kier alpha value is -2.05. The van der Waals surface area contributed by atoms with E-state index in [0.29, 0.717) is 21.6 Å². The van der Waals surface area contributed by atoms with E-state index in [1.165, 1.54) is 0 Å². The lowest BCUT2D eigenvalue weighted by atomic mass is 10.0. The van der Waals surface area contributed by atoms with Crippen LogP contribution in [0, 0.1) is 0 Å². The summed E-state index contributed by atoms with van der Waals surface area (Å²) in [6, 6.07) is 12.6. The van der Waals surface area contributed by atoms with Gasteiger partial charge in [0.25, 0.3) is 0 Å². The van der Waals surface area contributed by atoms with E-state index in [4.69, 9.17) is 55.3 Å². The van der Waals surface area contributed by atoms with Crippen molar-refractivity contribution in [3.63, 3.8) is 0 Å². The number of hydrogen-bond acceptors (Lipinski definition) is 5. The highest BCUT2D eigenvalue weighted by molar-refractivity contribution is 6.43. The van der Waals surface area contributed by atoms with Crippen molar-refractivity contribution in [1.82, 2.24) is 15.4 Å². The zero-order valence-corrected chi connectivity index (χ0v) is 16.4. The van der Waals surface area contributed by atoms with Crippen LogP contribution in [0.2, 0.25) is 10.0 Å². The molecule has 0 aliphatic carbocycles. The molecule has 0 aliphatic rings. The van der Waals surface area contributed by atoms with Crippen molar-refractivity contribution in [3.8, 4) is 33.8 Å². The summed E-state index contributed by atoms with van der Waals surface area (Å²) in [6.07, 6.45) is 1.55. The molecule has 0 aliphatic heterocycles. The van der Waals surface area contributed by atoms with Crippen molar-refractivity contribution >= 4 is 46.4 Å². The largest absolute Gasteiger partial charge is 0.418 e. The van der Waals surface area contributed by atoms with Gasteiger partial charge in [0.15, 0.2) is 4.84 Å². The molecule has 0 saturated heterocycles. The van der Waals surface area contributed by atoms with Crippen LogP contribution in [0.4, 0.5) is 0 Å². The van der Waals surface area contributed by atoms with Crippen LogP contribution in [0.1, 0.15) is 10.7 Å². The molecule has 0 atom stereocenters. The summed E-state index contributed by atoms with van der Waals surface area (Å²) in [4.78, 5) is -0.868. The number of rotatable bonds is 4. The fourth-order valence-corrected chi connectivity index (χ4v) is 3.24. The van der Waals surface area contributed by atoms with Gasteiger partial charge >= 0.3 is 0 Å². The standard InChI is InChI=1S/C18H9Cl4N3O2/c19-11-5-6-12(14(20)7-11)13-8-26-25-15(13)9-1-3-10(4-2-9)17-23-24-18(27-17)16(21)22/h1-8,16H. The molecule has 4 rings (SSSR count). The second-order valence-corrected chi connectivity index (χ2v) is 7.46. The highest BCUT2D eigenvalue weighted by Gasteiger charge is 2.17. The fourth-order valence-electron chi connectivity index (χ4n) is 2.55. The minimum atomic E-state index is -0.868. The molecule has 0 amide bonds. The van der Waals surface area contributed by atoms with Gasteiger partial charge in [-0.25, -0.2) is 0 Å². The molecular weight excluding hydrogens is 432 g/mol. The van der Waals surface area contributed by atoms with Crippen molar-refractivity contribution < 1.29 is 8.94 Å². The summed E-state index contributed by atoms with van der Waals surface area (Å²) < 4.78 is 10.6. The van der Waals surface area contributed by atoms with Crippen molar-refractivity contribution in [1.29, 1.82) is 0 Å². The summed E-state index contributed by atoms with van der Waals surface area (Å²) in [7, 11) is 0. The Labute approximate surface area is 173 Å². The minimum absolute atomic E-state index is 0.147. The molecule has 0 unspecified atom stereocenters. The first kappa shape index (κ1) is 18.3. The van der Waals surface area contributed by atoms with Gasteiger partial charge in [-0.3, -0.25) is 0 Å². The van der Waals surface area contributed by atoms with Crippen LogP contribution in [0.15, 0.2) is 57.7 Å². The molecule has 9 heteroatoms. The molecule has 27 heavy (non-hydrogen) atoms. The van der Waals surface area contributed by atoms with Crippen molar-refractivity contribution in [2.75, 3.05) is 0 Å². The number of halogens is 4. The average Bonchev–Trinajstić information content (AvgIpc) is 3.32. The van der Waals surface area contributed by atoms with Crippen molar-refractivity contribution in [2.24, 2.45) is 0 Å². The summed E-state index contributed by atoms with van der Waals surface area (Å²) in [5.74, 6) is 0.470. The lowest BCUT2D eigenvalue weighted by Gasteiger charge is -2.05. The summed E-state index contributed by atoms with van der Waals surface area (Å²) in [6.45, 7) is 0. The first-order chi connectivity index (χ1) is 13.0. The van der Waals surface area contributed by atoms with E-state index in [0.717, 1.165) is 22.3 Å². The van der Waals surface area contributed by atoms with E-state index in [1.54, 1.807) is 18.4 Å². The van der Waals surface area contributed by atoms with Crippen LogP contribution in [-0.2, 0) is 0 Å². The number of benzene rings is 2. The Kier molecular flexibility index (Phi) is 5.10. The number of nitrogens with zero attached hydrogens (tertiary/aromatic N) is 3. The highest BCUT2D eigenvalue weighted by atomic mass is 35.5. The van der Waals surface area contributed by atoms with Gasteiger partial charge in [-0.1, -0.05) is 69.8 Å². The first-order valence-corrected chi connectivity index (χ1v) is 9.28. The monoisotopic (exact) mass is 439 g/mol. The Morgan fingerprint density at radius 2 is 1.59 bits per heavy atom. The highest BCUT2D eigenvalue weighted by Crippen LogP contribution is 2.37. The maximum absolute atomic E-state index is 6.31. The maximum atomic E-state index is 6.31. The van der Waals surface area contributed by atoms with Crippen LogP contribution >= 0.6 is 46.4 Å². The SMILES string of the molecule is Clc1ccc(-c2conc2-c2ccc(-c3nnc(C(Cl)Cl)o3)cc2)c(Cl)c1. The predicted molar refractivity (Wildman–Crippen MR) is 105 cm³/mol. The van der Waals surface area contributed by atoms with E-state index < -0.39 is 4.84 Å². The van der Waals surface area contributed by atoms with Crippen LogP contribution in [0.3, 0.4) is 0 Å². The first-order valence-electron chi connectivity index (χ1n) is 7.65. The normalized spacial score (nSPS) is 11.3. The van der Waals surface area contributed by atoms with Gasteiger partial charge in [-0.15, -0.1) is 10.2 Å². The molecule has 2 heterocycles. The molecule has 0 bridgehead atoms. The zero-order chi connectivity index (χ0) is 19.0. The molecule has 0 saturated carbocycles. The van der Waals surface area contributed by atoms with Crippen LogP contribution in [0.25, 0.3) is 33.8 Å². The minimum Gasteiger partial charge on any atom is -0.418 e. The smallest absolute Gasteiger partial charge is 0.249 e. The molecule has 5 nitrogen and oxygen atoms in total. The van der Waals surface area contributed by atoms with Crippen LogP contribution in [-0.4, -0.2) is 15.4 Å². The van der Waals surface area contributed by atoms with Crippen LogP contribution < -0.4 is 0 Å². The average molecular weight is 441 g/mol. The number of hydrogen-bond donors (Lipinski definition) is 0. The Balaban J connectivity index is 1.68. The quantitative estimate of drug-likeness (QED) is 0.325. The third kappa shape index (κ3) is 3.69. The van der Waals surface area contributed by atoms with E-state index in [1.807, 2.05) is 30.3 Å². The molecule has 136 valence electrons. The number of alkyl halides is 2. The third-order valence-electron chi connectivity index (χ3n) is 3.82. The molecule has 0 N–H and O–H groups in total. The molecule has 2 aromatic carbocycles. The molecule has 4 aromatic rings. The second-order valence-electron chi connectivity index (χ2n) is 5.52. The van der Waals surface area contributed by atoms with Gasteiger partial charge in [0.1, 0.15) is 12.0 Å². The molecular formula is C18H9Cl4N3O2. The van der Waals surface area contributed by atoms with Crippen molar-refractivity contribution in [2.45, 2.75) is 4.84 Å². The Morgan fingerprint density at radius 1 is 0.852 bits per heavy atom. The number of aromatic nitrogens is 3. The fraction of sp³-hybridized carbons (Fsp3) is 0.0556. The Bertz CT molecular complexity index is 1090. The van der Waals surface area contributed by atoms with Crippen LogP contribution in [0.5, 0.6) is 0 Å². The van der Waals surface area contributed by atoms with Gasteiger partial charge < -0.3 is 8.94 Å². The van der Waals surface area contributed by atoms with Gasteiger partial charge in [0, 0.05) is 21.7 Å². The summed E-state index contributed by atoms with van der Waals surface area (Å²) in [5.41, 5.74) is 3.75. The van der Waals surface area contributed by atoms with E-state index in [2.05, 4.69) is 15.4 Å². The van der Waals surface area contributed by atoms with Gasteiger partial charge in [0.05, 0.1) is 10.6 Å². The molecule has 0 spiro atoms. The van der Waals surface area contributed by atoms with Gasteiger partial charge in [-0.2, -0.15) is 0 Å². The molecule has 2 aromatic heterocycles. The zero-order valence-electron chi connectivity index (χ0n) is 13.4. The van der Waals surface area contributed by atoms with E-state index in [-0.39, 0.29) is 5.89 Å². The van der Waals surface area contributed by atoms with E-state index in [9.17, 15) is 0 Å². The van der Waals surface area contributed by atoms with Crippen molar-refractivity contribution in [3.05, 3.63) is 64.7 Å². The Morgan fingerprint density at radius 3 is 2.26 bits per heavy atom. The van der Waals surface area contributed by atoms with E-state index >= 15 is 0 Å². The lowest BCUT2D eigenvalue weighted by molar-refractivity contribution is 0.422. The predicted octanol–water partition coefficient (Wildman–Crippen LogP) is 6.84. The van der Waals surface area contributed by atoms with Gasteiger partial charge in [0.2, 0.25) is 11.8 Å². The topological polar surface area (TPSA) is 65.0 Å². The lowest BCUT2D eigenvalue weighted by Crippen LogP contribution is -1.85. The summed E-state index contributed by atoms with van der Waals surface area (Å²) >= 11 is 23.7. The summed E-state index contributed by atoms with van der Waals surface area (Å²) in [5, 5.41) is 12.9. The third-order valence-corrected chi connectivity index (χ3v) is 4.74. The second kappa shape index (κ2) is 7.52. The maximum Gasteiger partial charge on any atom is 0.249 e.